The Morgan fingerprint density at radius 2 is 1.62 bits per heavy atom. The molecule has 0 fully saturated rings. The molecule has 2 N–H and O–H groups in total. The van der Waals surface area contributed by atoms with E-state index in [-0.39, 0.29) is 0 Å². The fraction of sp³-hybridized carbons (Fsp3) is 0.111. The molecule has 0 unspecified atom stereocenters. The highest BCUT2D eigenvalue weighted by molar-refractivity contribution is 5.77. The fourth-order valence-corrected chi connectivity index (χ4v) is 2.48. The third kappa shape index (κ3) is 3.08. The van der Waals surface area contributed by atoms with E-state index in [2.05, 4.69) is 9.97 Å². The summed E-state index contributed by atoms with van der Waals surface area (Å²) in [7, 11) is 0. The molecule has 6 heteroatoms. The van der Waals surface area contributed by atoms with Gasteiger partial charge in [0.1, 0.15) is 0 Å². The van der Waals surface area contributed by atoms with Crippen LogP contribution in [0.4, 0.5) is 18.9 Å². The monoisotopic (exact) mass is 329 g/mol. The molecule has 122 valence electrons. The summed E-state index contributed by atoms with van der Waals surface area (Å²) < 4.78 is 38.7. The number of benzene rings is 1. The minimum Gasteiger partial charge on any atom is -0.397 e. The van der Waals surface area contributed by atoms with Gasteiger partial charge in [0.15, 0.2) is 0 Å². The first-order valence-corrected chi connectivity index (χ1v) is 7.21. The molecule has 2 aromatic heterocycles. The van der Waals surface area contributed by atoms with Gasteiger partial charge in [-0.1, -0.05) is 30.3 Å². The molecule has 0 saturated heterocycles. The zero-order chi connectivity index (χ0) is 17.3. The van der Waals surface area contributed by atoms with Crippen molar-refractivity contribution in [1.82, 2.24) is 9.97 Å². The zero-order valence-electron chi connectivity index (χ0n) is 12.8. The zero-order valence-corrected chi connectivity index (χ0v) is 12.8. The molecule has 3 rings (SSSR count). The van der Waals surface area contributed by atoms with E-state index in [1.165, 1.54) is 6.20 Å². The fourth-order valence-electron chi connectivity index (χ4n) is 2.48. The molecule has 0 bridgehead atoms. The number of halogens is 3. The molecule has 0 radical (unpaired) electrons. The number of hydrogen-bond acceptors (Lipinski definition) is 3. The van der Waals surface area contributed by atoms with Crippen molar-refractivity contribution in [3.8, 4) is 22.5 Å². The van der Waals surface area contributed by atoms with Crippen molar-refractivity contribution in [2.75, 3.05) is 5.73 Å². The van der Waals surface area contributed by atoms with E-state index in [0.29, 0.717) is 28.2 Å². The van der Waals surface area contributed by atoms with Crippen LogP contribution in [-0.4, -0.2) is 9.97 Å². The maximum Gasteiger partial charge on any atom is 0.417 e. The number of pyridine rings is 2. The Labute approximate surface area is 137 Å². The topological polar surface area (TPSA) is 51.8 Å². The maximum atomic E-state index is 12.9. The van der Waals surface area contributed by atoms with Crippen molar-refractivity contribution in [1.29, 1.82) is 0 Å². The number of alkyl halides is 3. The highest BCUT2D eigenvalue weighted by Gasteiger charge is 2.31. The number of aryl methyl sites for hydroxylation is 1. The van der Waals surface area contributed by atoms with Gasteiger partial charge in [-0.3, -0.25) is 4.98 Å². The summed E-state index contributed by atoms with van der Waals surface area (Å²) in [5, 5.41) is 0. The van der Waals surface area contributed by atoms with E-state index < -0.39 is 11.7 Å². The van der Waals surface area contributed by atoms with Gasteiger partial charge in [-0.2, -0.15) is 13.2 Å². The van der Waals surface area contributed by atoms with E-state index >= 15 is 0 Å². The van der Waals surface area contributed by atoms with Crippen molar-refractivity contribution >= 4 is 5.69 Å². The second-order valence-electron chi connectivity index (χ2n) is 5.42. The van der Waals surface area contributed by atoms with Crippen LogP contribution in [0.1, 0.15) is 11.1 Å². The lowest BCUT2D eigenvalue weighted by Gasteiger charge is -2.13. The third-order valence-electron chi connectivity index (χ3n) is 3.63. The molecule has 2 heterocycles. The average molecular weight is 329 g/mol. The smallest absolute Gasteiger partial charge is 0.397 e. The lowest BCUT2D eigenvalue weighted by Crippen LogP contribution is -2.06. The molecular weight excluding hydrogens is 315 g/mol. The molecule has 0 aliphatic carbocycles. The molecule has 0 aliphatic rings. The Morgan fingerprint density at radius 3 is 2.29 bits per heavy atom. The van der Waals surface area contributed by atoms with Gasteiger partial charge in [-0.15, -0.1) is 0 Å². The van der Waals surface area contributed by atoms with Gasteiger partial charge in [-0.25, -0.2) is 4.98 Å². The molecule has 0 spiro atoms. The van der Waals surface area contributed by atoms with Crippen molar-refractivity contribution < 1.29 is 13.2 Å². The Hall–Kier alpha value is -2.89. The minimum atomic E-state index is -4.45. The van der Waals surface area contributed by atoms with Gasteiger partial charge in [0.25, 0.3) is 0 Å². The highest BCUT2D eigenvalue weighted by Crippen LogP contribution is 2.34. The van der Waals surface area contributed by atoms with Gasteiger partial charge in [-0.05, 0) is 24.6 Å². The third-order valence-corrected chi connectivity index (χ3v) is 3.63. The van der Waals surface area contributed by atoms with Gasteiger partial charge >= 0.3 is 6.18 Å². The Kier molecular flexibility index (Phi) is 3.97. The Balaban J connectivity index is 2.16. The van der Waals surface area contributed by atoms with Crippen LogP contribution in [0, 0.1) is 6.92 Å². The van der Waals surface area contributed by atoms with Gasteiger partial charge < -0.3 is 5.73 Å². The molecule has 3 aromatic rings. The molecule has 0 amide bonds. The molecule has 0 saturated carbocycles. The van der Waals surface area contributed by atoms with Crippen LogP contribution in [0.25, 0.3) is 22.5 Å². The minimum absolute atomic E-state index is 0.305. The summed E-state index contributed by atoms with van der Waals surface area (Å²) in [6, 6.07) is 12.0. The highest BCUT2D eigenvalue weighted by atomic mass is 19.4. The first-order valence-electron chi connectivity index (χ1n) is 7.21. The quantitative estimate of drug-likeness (QED) is 0.740. The van der Waals surface area contributed by atoms with Crippen LogP contribution >= 0.6 is 0 Å². The lowest BCUT2D eigenvalue weighted by atomic mass is 10.0. The lowest BCUT2D eigenvalue weighted by molar-refractivity contribution is -0.137. The van der Waals surface area contributed by atoms with E-state index in [4.69, 9.17) is 5.73 Å². The molecule has 3 nitrogen and oxygen atoms in total. The summed E-state index contributed by atoms with van der Waals surface area (Å²) in [6.45, 7) is 1.76. The molecule has 1 aromatic carbocycles. The van der Waals surface area contributed by atoms with E-state index in [1.54, 1.807) is 13.0 Å². The summed E-state index contributed by atoms with van der Waals surface area (Å²) in [6.07, 6.45) is -2.28. The van der Waals surface area contributed by atoms with Gasteiger partial charge in [0.2, 0.25) is 0 Å². The normalized spacial score (nSPS) is 11.5. The van der Waals surface area contributed by atoms with Gasteiger partial charge in [0.05, 0.1) is 22.6 Å². The van der Waals surface area contributed by atoms with Crippen LogP contribution in [0.5, 0.6) is 0 Å². The summed E-state index contributed by atoms with van der Waals surface area (Å²) >= 11 is 0. The van der Waals surface area contributed by atoms with Crippen molar-refractivity contribution in [2.45, 2.75) is 13.1 Å². The number of nitrogen functional groups attached to an aromatic ring is 1. The van der Waals surface area contributed by atoms with Crippen LogP contribution in [0.2, 0.25) is 0 Å². The number of nitrogens with zero attached hydrogens (tertiary/aromatic N) is 2. The predicted octanol–water partition coefficient (Wildman–Crippen LogP) is 4.72. The molecule has 24 heavy (non-hydrogen) atoms. The number of aromatic nitrogens is 2. The van der Waals surface area contributed by atoms with Crippen LogP contribution < -0.4 is 5.73 Å². The first-order chi connectivity index (χ1) is 11.4. The van der Waals surface area contributed by atoms with Crippen molar-refractivity contribution in [3.05, 3.63) is 66.0 Å². The van der Waals surface area contributed by atoms with Crippen molar-refractivity contribution in [3.63, 3.8) is 0 Å². The number of rotatable bonds is 2. The largest absolute Gasteiger partial charge is 0.417 e. The number of hydrogen-bond donors (Lipinski definition) is 1. The average Bonchev–Trinajstić information content (AvgIpc) is 2.55. The Bertz CT molecular complexity index is 874. The molecule has 0 atom stereocenters. The van der Waals surface area contributed by atoms with Gasteiger partial charge in [0, 0.05) is 23.5 Å². The SMILES string of the molecule is Cc1cc(N)c(-c2ccccc2)nc1-c1cncc(C(F)(F)F)c1. The maximum absolute atomic E-state index is 12.9. The number of anilines is 1. The van der Waals surface area contributed by atoms with E-state index in [1.807, 2.05) is 30.3 Å². The summed E-state index contributed by atoms with van der Waals surface area (Å²) in [5.41, 5.74) is 8.47. The first kappa shape index (κ1) is 16.0. The van der Waals surface area contributed by atoms with E-state index in [9.17, 15) is 13.2 Å². The van der Waals surface area contributed by atoms with Crippen LogP contribution in [0.3, 0.4) is 0 Å². The summed E-state index contributed by atoms with van der Waals surface area (Å²) in [5.74, 6) is 0. The second-order valence-corrected chi connectivity index (χ2v) is 5.42. The summed E-state index contributed by atoms with van der Waals surface area (Å²) in [4.78, 5) is 8.21. The number of nitrogens with two attached hydrogens (primary N) is 1. The molecular formula is C18H14F3N3. The van der Waals surface area contributed by atoms with Crippen LogP contribution in [-0.2, 0) is 6.18 Å². The predicted molar refractivity (Wildman–Crippen MR) is 87.1 cm³/mol. The Morgan fingerprint density at radius 1 is 0.917 bits per heavy atom. The van der Waals surface area contributed by atoms with Crippen LogP contribution in [0.15, 0.2) is 54.9 Å². The van der Waals surface area contributed by atoms with Crippen molar-refractivity contribution in [2.24, 2.45) is 0 Å². The standard InChI is InChI=1S/C18H14F3N3/c1-11-7-15(22)17(12-5-3-2-4-6-12)24-16(11)13-8-14(10-23-9-13)18(19,20)21/h2-10H,22H2,1H3. The molecule has 0 aliphatic heterocycles. The second kappa shape index (κ2) is 5.96. The van der Waals surface area contributed by atoms with E-state index in [0.717, 1.165) is 17.8 Å².